The van der Waals surface area contributed by atoms with Crippen LogP contribution in [0.2, 0.25) is 0 Å². The summed E-state index contributed by atoms with van der Waals surface area (Å²) in [6, 6.07) is 10.2. The van der Waals surface area contributed by atoms with E-state index in [9.17, 15) is 19.7 Å². The van der Waals surface area contributed by atoms with Gasteiger partial charge in [0.15, 0.2) is 0 Å². The summed E-state index contributed by atoms with van der Waals surface area (Å²) >= 11 is 3.28. The molecular weight excluding hydrogens is 368 g/mol. The molecule has 0 aliphatic rings. The topological polar surface area (TPSA) is 98.5 Å². The Labute approximate surface area is 139 Å². The van der Waals surface area contributed by atoms with E-state index in [4.69, 9.17) is 0 Å². The van der Waals surface area contributed by atoms with Crippen molar-refractivity contribution in [3.05, 3.63) is 68.2 Å². The first-order valence-corrected chi connectivity index (χ1v) is 7.14. The minimum Gasteiger partial charge on any atom is -0.465 e. The molecule has 8 heteroatoms. The summed E-state index contributed by atoms with van der Waals surface area (Å²) in [7, 11) is 1.16. The van der Waals surface area contributed by atoms with Crippen molar-refractivity contribution in [3.63, 3.8) is 0 Å². The average molecular weight is 379 g/mol. The normalized spacial score (nSPS) is 10.0. The monoisotopic (exact) mass is 378 g/mol. The van der Waals surface area contributed by atoms with E-state index in [0.29, 0.717) is 5.69 Å². The number of anilines is 1. The lowest BCUT2D eigenvalue weighted by Gasteiger charge is -2.07. The number of methoxy groups -OCH3 is 1. The predicted octanol–water partition coefficient (Wildman–Crippen LogP) is 3.40. The van der Waals surface area contributed by atoms with E-state index < -0.39 is 16.8 Å². The number of amides is 1. The van der Waals surface area contributed by atoms with Gasteiger partial charge in [0.2, 0.25) is 0 Å². The van der Waals surface area contributed by atoms with Crippen LogP contribution in [0.25, 0.3) is 0 Å². The van der Waals surface area contributed by atoms with Gasteiger partial charge in [-0.1, -0.05) is 15.9 Å². The molecule has 118 valence electrons. The van der Waals surface area contributed by atoms with Crippen molar-refractivity contribution in [2.45, 2.75) is 0 Å². The van der Waals surface area contributed by atoms with Gasteiger partial charge in [-0.3, -0.25) is 14.9 Å². The van der Waals surface area contributed by atoms with Gasteiger partial charge >= 0.3 is 5.97 Å². The van der Waals surface area contributed by atoms with Gasteiger partial charge in [-0.15, -0.1) is 0 Å². The summed E-state index contributed by atoms with van der Waals surface area (Å²) in [6.07, 6.45) is 0. The van der Waals surface area contributed by atoms with Crippen molar-refractivity contribution in [2.75, 3.05) is 12.4 Å². The zero-order valence-corrected chi connectivity index (χ0v) is 13.5. The number of nitro groups is 1. The largest absolute Gasteiger partial charge is 0.465 e. The van der Waals surface area contributed by atoms with Crippen LogP contribution in [0, 0.1) is 10.1 Å². The second-order valence-corrected chi connectivity index (χ2v) is 5.39. The number of esters is 1. The molecule has 0 aliphatic carbocycles. The van der Waals surface area contributed by atoms with E-state index in [1.54, 1.807) is 24.3 Å². The Hall–Kier alpha value is -2.74. The number of hydrogen-bond acceptors (Lipinski definition) is 5. The van der Waals surface area contributed by atoms with Crippen LogP contribution >= 0.6 is 15.9 Å². The molecule has 2 aromatic rings. The molecule has 0 bridgehead atoms. The molecule has 7 nitrogen and oxygen atoms in total. The van der Waals surface area contributed by atoms with Crippen LogP contribution in [0.4, 0.5) is 11.4 Å². The molecule has 0 saturated heterocycles. The summed E-state index contributed by atoms with van der Waals surface area (Å²) in [4.78, 5) is 34.1. The smallest absolute Gasteiger partial charge is 0.338 e. The average Bonchev–Trinajstić information content (AvgIpc) is 2.55. The molecule has 0 atom stereocenters. The quantitative estimate of drug-likeness (QED) is 0.499. The van der Waals surface area contributed by atoms with E-state index >= 15 is 0 Å². The van der Waals surface area contributed by atoms with Crippen LogP contribution in [0.5, 0.6) is 0 Å². The summed E-state index contributed by atoms with van der Waals surface area (Å²) in [5.41, 5.74) is 0.0726. The standard InChI is InChI=1S/C15H11BrN2O5/c1-23-15(20)10-6-9(7-13(8-10)18(21)22)14(19)17-12-4-2-11(16)3-5-12/h2-8H,1H3,(H,17,19). The van der Waals surface area contributed by atoms with Gasteiger partial charge in [-0.2, -0.15) is 0 Å². The van der Waals surface area contributed by atoms with Crippen LogP contribution < -0.4 is 5.32 Å². The first-order chi connectivity index (χ1) is 10.9. The number of carbonyl (C=O) groups is 2. The molecule has 1 N–H and O–H groups in total. The summed E-state index contributed by atoms with van der Waals surface area (Å²) in [5, 5.41) is 13.6. The van der Waals surface area contributed by atoms with E-state index in [2.05, 4.69) is 26.0 Å². The summed E-state index contributed by atoms with van der Waals surface area (Å²) in [5.74, 6) is -1.33. The third-order valence-electron chi connectivity index (χ3n) is 2.91. The number of halogens is 1. The van der Waals surface area contributed by atoms with Gasteiger partial charge in [0.1, 0.15) is 0 Å². The molecule has 0 heterocycles. The van der Waals surface area contributed by atoms with Crippen molar-refractivity contribution in [1.82, 2.24) is 0 Å². The fourth-order valence-electron chi connectivity index (χ4n) is 1.82. The summed E-state index contributed by atoms with van der Waals surface area (Å²) in [6.45, 7) is 0. The highest BCUT2D eigenvalue weighted by atomic mass is 79.9. The zero-order chi connectivity index (χ0) is 17.0. The minimum atomic E-state index is -0.758. The predicted molar refractivity (Wildman–Crippen MR) is 86.5 cm³/mol. The fraction of sp³-hybridized carbons (Fsp3) is 0.0667. The molecule has 0 aliphatic heterocycles. The Morgan fingerprint density at radius 3 is 2.30 bits per heavy atom. The highest BCUT2D eigenvalue weighted by Crippen LogP contribution is 2.20. The maximum Gasteiger partial charge on any atom is 0.338 e. The second kappa shape index (κ2) is 7.01. The van der Waals surface area contributed by atoms with Gasteiger partial charge in [-0.25, -0.2) is 4.79 Å². The number of hydrogen-bond donors (Lipinski definition) is 1. The lowest BCUT2D eigenvalue weighted by molar-refractivity contribution is -0.384. The molecule has 0 saturated carbocycles. The highest BCUT2D eigenvalue weighted by Gasteiger charge is 2.18. The molecule has 0 aromatic heterocycles. The van der Waals surface area contributed by atoms with E-state index in [1.807, 2.05) is 0 Å². The first-order valence-electron chi connectivity index (χ1n) is 6.35. The Morgan fingerprint density at radius 1 is 1.13 bits per heavy atom. The Morgan fingerprint density at radius 2 is 1.74 bits per heavy atom. The number of benzene rings is 2. The van der Waals surface area contributed by atoms with Gasteiger partial charge < -0.3 is 10.1 Å². The SMILES string of the molecule is COC(=O)c1cc(C(=O)Nc2ccc(Br)cc2)cc([N+](=O)[O-])c1. The van der Waals surface area contributed by atoms with E-state index in [-0.39, 0.29) is 16.8 Å². The number of nitrogens with zero attached hydrogens (tertiary/aromatic N) is 1. The van der Waals surface area contributed by atoms with Gasteiger partial charge in [0, 0.05) is 27.9 Å². The number of nitro benzene ring substituents is 1. The lowest BCUT2D eigenvalue weighted by atomic mass is 10.1. The molecule has 0 radical (unpaired) electrons. The summed E-state index contributed by atoms with van der Waals surface area (Å²) < 4.78 is 5.38. The number of ether oxygens (including phenoxy) is 1. The highest BCUT2D eigenvalue weighted by molar-refractivity contribution is 9.10. The zero-order valence-electron chi connectivity index (χ0n) is 11.9. The number of nitrogens with one attached hydrogen (secondary N) is 1. The molecule has 0 unspecified atom stereocenters. The van der Waals surface area contributed by atoms with Crippen molar-refractivity contribution in [2.24, 2.45) is 0 Å². The third kappa shape index (κ3) is 4.13. The molecule has 2 rings (SSSR count). The minimum absolute atomic E-state index is 0.0116. The van der Waals surface area contributed by atoms with Gasteiger partial charge in [-0.05, 0) is 30.3 Å². The Kier molecular flexibility index (Phi) is 5.07. The van der Waals surface area contributed by atoms with Crippen LogP contribution in [0.1, 0.15) is 20.7 Å². The van der Waals surface area contributed by atoms with Crippen LogP contribution in [0.15, 0.2) is 46.9 Å². The van der Waals surface area contributed by atoms with Crippen molar-refractivity contribution in [3.8, 4) is 0 Å². The van der Waals surface area contributed by atoms with E-state index in [1.165, 1.54) is 6.07 Å². The molecule has 0 fully saturated rings. The van der Waals surface area contributed by atoms with Gasteiger partial charge in [0.25, 0.3) is 11.6 Å². The van der Waals surface area contributed by atoms with Crippen LogP contribution in [-0.4, -0.2) is 23.9 Å². The molecule has 1 amide bonds. The van der Waals surface area contributed by atoms with Gasteiger partial charge in [0.05, 0.1) is 17.6 Å². The lowest BCUT2D eigenvalue weighted by Crippen LogP contribution is -2.14. The molecule has 2 aromatic carbocycles. The fourth-order valence-corrected chi connectivity index (χ4v) is 2.08. The number of rotatable bonds is 4. The van der Waals surface area contributed by atoms with E-state index in [0.717, 1.165) is 23.7 Å². The maximum absolute atomic E-state index is 12.2. The number of non-ortho nitro benzene ring substituents is 1. The molecule has 0 spiro atoms. The maximum atomic E-state index is 12.2. The first kappa shape index (κ1) is 16.6. The van der Waals surface area contributed by atoms with Crippen molar-refractivity contribution in [1.29, 1.82) is 0 Å². The third-order valence-corrected chi connectivity index (χ3v) is 3.44. The van der Waals surface area contributed by atoms with Crippen molar-refractivity contribution >= 4 is 39.2 Å². The Bertz CT molecular complexity index is 774. The Balaban J connectivity index is 2.34. The van der Waals surface area contributed by atoms with Crippen molar-refractivity contribution < 1.29 is 19.2 Å². The molecular formula is C15H11BrN2O5. The molecule has 23 heavy (non-hydrogen) atoms. The van der Waals surface area contributed by atoms with Crippen LogP contribution in [0.3, 0.4) is 0 Å². The van der Waals surface area contributed by atoms with Crippen LogP contribution in [-0.2, 0) is 4.74 Å². The number of carbonyl (C=O) groups excluding carboxylic acids is 2. The second-order valence-electron chi connectivity index (χ2n) is 4.48.